The number of aromatic nitrogens is 3. The SMILES string of the molecule is CC(C)c1cccc(NC(=O)c2cnc3cnccn3c2=O)c1. The molecule has 1 amide bonds. The second-order valence-corrected chi connectivity index (χ2v) is 5.52. The summed E-state index contributed by atoms with van der Waals surface area (Å²) < 4.78 is 1.30. The van der Waals surface area contributed by atoms with Crippen molar-refractivity contribution in [2.75, 3.05) is 5.32 Å². The molecular formula is C17H16N4O2. The number of nitrogens with one attached hydrogen (secondary N) is 1. The fourth-order valence-corrected chi connectivity index (χ4v) is 2.27. The van der Waals surface area contributed by atoms with Gasteiger partial charge in [-0.25, -0.2) is 4.98 Å². The molecule has 0 atom stereocenters. The number of nitrogens with zero attached hydrogens (tertiary/aromatic N) is 3. The quantitative estimate of drug-likeness (QED) is 0.806. The summed E-state index contributed by atoms with van der Waals surface area (Å²) in [7, 11) is 0. The average molecular weight is 308 g/mol. The minimum atomic E-state index is -0.477. The van der Waals surface area contributed by atoms with Gasteiger partial charge in [-0.3, -0.25) is 19.0 Å². The monoisotopic (exact) mass is 308 g/mol. The Bertz CT molecular complexity index is 931. The van der Waals surface area contributed by atoms with Crippen LogP contribution in [0, 0.1) is 0 Å². The third kappa shape index (κ3) is 2.96. The lowest BCUT2D eigenvalue weighted by molar-refractivity contribution is 0.102. The van der Waals surface area contributed by atoms with Gasteiger partial charge in [-0.15, -0.1) is 0 Å². The predicted molar refractivity (Wildman–Crippen MR) is 87.7 cm³/mol. The van der Waals surface area contributed by atoms with Gasteiger partial charge in [-0.1, -0.05) is 26.0 Å². The molecule has 0 unspecified atom stereocenters. The van der Waals surface area contributed by atoms with Crippen LogP contribution in [0.1, 0.15) is 35.7 Å². The maximum atomic E-state index is 12.4. The molecule has 2 heterocycles. The molecule has 6 heteroatoms. The highest BCUT2D eigenvalue weighted by Gasteiger charge is 2.14. The minimum absolute atomic E-state index is 0.0105. The molecule has 2 aromatic heterocycles. The summed E-state index contributed by atoms with van der Waals surface area (Å²) >= 11 is 0. The van der Waals surface area contributed by atoms with Crippen molar-refractivity contribution in [2.24, 2.45) is 0 Å². The van der Waals surface area contributed by atoms with Gasteiger partial charge in [0.25, 0.3) is 11.5 Å². The fourth-order valence-electron chi connectivity index (χ4n) is 2.27. The van der Waals surface area contributed by atoms with E-state index in [9.17, 15) is 9.59 Å². The zero-order chi connectivity index (χ0) is 16.4. The first-order chi connectivity index (χ1) is 11.1. The van der Waals surface area contributed by atoms with E-state index in [4.69, 9.17) is 0 Å². The van der Waals surface area contributed by atoms with Crippen molar-refractivity contribution >= 4 is 17.2 Å². The lowest BCUT2D eigenvalue weighted by Gasteiger charge is -2.09. The summed E-state index contributed by atoms with van der Waals surface area (Å²) in [4.78, 5) is 32.7. The maximum Gasteiger partial charge on any atom is 0.270 e. The first-order valence-electron chi connectivity index (χ1n) is 7.29. The molecule has 6 nitrogen and oxygen atoms in total. The molecule has 0 aliphatic heterocycles. The van der Waals surface area contributed by atoms with E-state index in [0.717, 1.165) is 5.56 Å². The van der Waals surface area contributed by atoms with E-state index >= 15 is 0 Å². The van der Waals surface area contributed by atoms with E-state index in [1.165, 1.54) is 29.2 Å². The third-order valence-corrected chi connectivity index (χ3v) is 3.57. The molecule has 0 spiro atoms. The van der Waals surface area contributed by atoms with Crippen LogP contribution in [0.15, 0.2) is 53.8 Å². The Balaban J connectivity index is 1.94. The molecule has 1 N–H and O–H groups in total. The molecule has 3 rings (SSSR count). The van der Waals surface area contributed by atoms with E-state index < -0.39 is 11.5 Å². The van der Waals surface area contributed by atoms with Crippen LogP contribution < -0.4 is 10.9 Å². The molecule has 0 bridgehead atoms. The molecule has 3 aromatic rings. The number of carbonyl (C=O) groups excluding carboxylic acids is 1. The van der Waals surface area contributed by atoms with Gasteiger partial charge in [0.15, 0.2) is 5.65 Å². The topological polar surface area (TPSA) is 76.4 Å². The average Bonchev–Trinajstić information content (AvgIpc) is 2.55. The highest BCUT2D eigenvalue weighted by atomic mass is 16.2. The third-order valence-electron chi connectivity index (χ3n) is 3.57. The molecule has 23 heavy (non-hydrogen) atoms. The Morgan fingerprint density at radius 2 is 2.09 bits per heavy atom. The summed E-state index contributed by atoms with van der Waals surface area (Å²) in [6, 6.07) is 7.57. The summed E-state index contributed by atoms with van der Waals surface area (Å²) in [6.07, 6.45) is 5.71. The lowest BCUT2D eigenvalue weighted by atomic mass is 10.0. The van der Waals surface area contributed by atoms with Crippen LogP contribution in [-0.2, 0) is 0 Å². The van der Waals surface area contributed by atoms with Gasteiger partial charge in [-0.2, -0.15) is 0 Å². The zero-order valence-corrected chi connectivity index (χ0v) is 12.9. The van der Waals surface area contributed by atoms with E-state index in [-0.39, 0.29) is 5.56 Å². The number of carbonyl (C=O) groups is 1. The van der Waals surface area contributed by atoms with Crippen LogP contribution in [0.25, 0.3) is 5.65 Å². The van der Waals surface area contributed by atoms with Gasteiger partial charge >= 0.3 is 0 Å². The standard InChI is InChI=1S/C17H16N4O2/c1-11(2)12-4-3-5-13(8-12)20-16(22)14-9-19-15-10-18-6-7-21(15)17(14)23/h3-11H,1-2H3,(H,20,22). The summed E-state index contributed by atoms with van der Waals surface area (Å²) in [6.45, 7) is 4.16. The van der Waals surface area contributed by atoms with Crippen molar-refractivity contribution in [3.05, 3.63) is 70.5 Å². The first-order valence-corrected chi connectivity index (χ1v) is 7.29. The Labute approximate surface area is 132 Å². The highest BCUT2D eigenvalue weighted by Crippen LogP contribution is 2.18. The van der Waals surface area contributed by atoms with E-state index in [1.807, 2.05) is 18.2 Å². The number of fused-ring (bicyclic) bond motifs is 1. The number of hydrogen-bond donors (Lipinski definition) is 1. The lowest BCUT2D eigenvalue weighted by Crippen LogP contribution is -2.26. The summed E-state index contributed by atoms with van der Waals surface area (Å²) in [5.41, 5.74) is 1.73. The number of rotatable bonds is 3. The summed E-state index contributed by atoms with van der Waals surface area (Å²) in [5, 5.41) is 2.75. The molecule has 1 aromatic carbocycles. The predicted octanol–water partition coefficient (Wildman–Crippen LogP) is 2.47. The molecule has 0 aliphatic rings. The molecule has 116 valence electrons. The van der Waals surface area contributed by atoms with Gasteiger partial charge in [0, 0.05) is 24.3 Å². The van der Waals surface area contributed by atoms with Crippen LogP contribution in [0.4, 0.5) is 5.69 Å². The Kier molecular flexibility index (Phi) is 3.89. The second-order valence-electron chi connectivity index (χ2n) is 5.52. The Morgan fingerprint density at radius 3 is 2.87 bits per heavy atom. The Morgan fingerprint density at radius 1 is 1.26 bits per heavy atom. The van der Waals surface area contributed by atoms with Crippen LogP contribution in [0.3, 0.4) is 0 Å². The smallest absolute Gasteiger partial charge is 0.270 e. The van der Waals surface area contributed by atoms with Crippen molar-refractivity contribution in [1.29, 1.82) is 0 Å². The van der Waals surface area contributed by atoms with Gasteiger partial charge in [0.1, 0.15) is 5.56 Å². The van der Waals surface area contributed by atoms with E-state index in [0.29, 0.717) is 17.3 Å². The molecular weight excluding hydrogens is 292 g/mol. The fraction of sp³-hybridized carbons (Fsp3) is 0.176. The number of benzene rings is 1. The second kappa shape index (κ2) is 6.00. The van der Waals surface area contributed by atoms with E-state index in [1.54, 1.807) is 6.07 Å². The molecule has 0 saturated heterocycles. The normalized spacial score (nSPS) is 10.9. The van der Waals surface area contributed by atoms with Crippen molar-refractivity contribution < 1.29 is 4.79 Å². The van der Waals surface area contributed by atoms with Crippen molar-refractivity contribution in [3.63, 3.8) is 0 Å². The van der Waals surface area contributed by atoms with Crippen LogP contribution in [0.2, 0.25) is 0 Å². The zero-order valence-electron chi connectivity index (χ0n) is 12.9. The molecule has 0 saturated carbocycles. The van der Waals surface area contributed by atoms with E-state index in [2.05, 4.69) is 29.1 Å². The van der Waals surface area contributed by atoms with Crippen LogP contribution >= 0.6 is 0 Å². The first kappa shape index (κ1) is 14.9. The summed E-state index contributed by atoms with van der Waals surface area (Å²) in [5.74, 6) is -0.123. The van der Waals surface area contributed by atoms with Crippen LogP contribution in [-0.4, -0.2) is 20.3 Å². The number of amides is 1. The maximum absolute atomic E-state index is 12.4. The van der Waals surface area contributed by atoms with Gasteiger partial charge in [-0.05, 0) is 23.6 Å². The van der Waals surface area contributed by atoms with Crippen molar-refractivity contribution in [3.8, 4) is 0 Å². The molecule has 0 aliphatic carbocycles. The molecule has 0 radical (unpaired) electrons. The Hall–Kier alpha value is -3.02. The van der Waals surface area contributed by atoms with Gasteiger partial charge in [0.05, 0.1) is 6.20 Å². The largest absolute Gasteiger partial charge is 0.322 e. The van der Waals surface area contributed by atoms with Gasteiger partial charge in [0.2, 0.25) is 0 Å². The van der Waals surface area contributed by atoms with Crippen molar-refractivity contribution in [2.45, 2.75) is 19.8 Å². The van der Waals surface area contributed by atoms with Crippen molar-refractivity contribution in [1.82, 2.24) is 14.4 Å². The molecule has 0 fully saturated rings. The number of hydrogen-bond acceptors (Lipinski definition) is 4. The van der Waals surface area contributed by atoms with Crippen LogP contribution in [0.5, 0.6) is 0 Å². The van der Waals surface area contributed by atoms with Gasteiger partial charge < -0.3 is 5.32 Å². The highest BCUT2D eigenvalue weighted by molar-refractivity contribution is 6.03. The number of anilines is 1. The minimum Gasteiger partial charge on any atom is -0.322 e.